The number of nitrogens with one attached hydrogen (secondary N) is 2. The van der Waals surface area contributed by atoms with E-state index in [-0.39, 0.29) is 11.9 Å². The Hall–Kier alpha value is -3.32. The number of nitro groups is 2. The van der Waals surface area contributed by atoms with Crippen LogP contribution in [0, 0.1) is 20.2 Å². The first kappa shape index (κ1) is 11.2. The second kappa shape index (κ2) is 4.28. The number of aromatic nitrogens is 6. The fourth-order valence-corrected chi connectivity index (χ4v) is 0.832. The zero-order valence-electron chi connectivity index (χ0n) is 8.21. The van der Waals surface area contributed by atoms with E-state index in [2.05, 4.69) is 30.4 Å². The van der Waals surface area contributed by atoms with Crippen molar-refractivity contribution >= 4 is 23.8 Å². The van der Waals surface area contributed by atoms with Crippen molar-refractivity contribution in [2.75, 3.05) is 0 Å². The Morgan fingerprint density at radius 3 is 1.56 bits per heavy atom. The molecule has 0 atom stereocenters. The van der Waals surface area contributed by atoms with E-state index in [9.17, 15) is 20.2 Å². The summed E-state index contributed by atoms with van der Waals surface area (Å²) in [4.78, 5) is 25.6. The number of hydrogen-bond donors (Lipinski definition) is 2. The summed E-state index contributed by atoms with van der Waals surface area (Å²) in [7, 11) is 0. The van der Waals surface area contributed by atoms with Gasteiger partial charge >= 0.3 is 23.8 Å². The van der Waals surface area contributed by atoms with Crippen LogP contribution in [0.4, 0.5) is 23.8 Å². The van der Waals surface area contributed by atoms with Gasteiger partial charge in [-0.05, 0) is 19.8 Å². The molecule has 0 aliphatic heterocycles. The molecule has 0 spiro atoms. The van der Waals surface area contributed by atoms with Crippen LogP contribution in [0.15, 0.2) is 10.2 Å². The Morgan fingerprint density at radius 1 is 0.889 bits per heavy atom. The monoisotopic (exact) mass is 254 g/mol. The molecule has 2 heterocycles. The summed E-state index contributed by atoms with van der Waals surface area (Å²) in [5.74, 6) is -1.86. The number of aromatic amines is 2. The van der Waals surface area contributed by atoms with Crippen molar-refractivity contribution in [3.05, 3.63) is 20.2 Å². The second-order valence-corrected chi connectivity index (χ2v) is 2.63. The maximum Gasteiger partial charge on any atom is 0.455 e. The zero-order valence-corrected chi connectivity index (χ0v) is 8.21. The highest BCUT2D eigenvalue weighted by Crippen LogP contribution is 2.14. The van der Waals surface area contributed by atoms with Crippen LogP contribution in [-0.4, -0.2) is 40.2 Å². The maximum atomic E-state index is 10.3. The van der Waals surface area contributed by atoms with Crippen molar-refractivity contribution in [1.82, 2.24) is 30.4 Å². The van der Waals surface area contributed by atoms with Crippen LogP contribution in [0.1, 0.15) is 0 Å². The molecule has 0 saturated carbocycles. The standard InChI is InChI=1S/C4H2N10O4/c15-13(16)3-5-1(9-11-3)7-8-2-6-4(12-10-2)14(17)18/h(H,5,9,11)(H,6,10,12). The summed E-state index contributed by atoms with van der Waals surface area (Å²) >= 11 is 0. The average Bonchev–Trinajstić information content (AvgIpc) is 2.95. The predicted molar refractivity (Wildman–Crippen MR) is 50.3 cm³/mol. The Morgan fingerprint density at radius 2 is 1.28 bits per heavy atom. The number of azo groups is 1. The minimum Gasteiger partial charge on any atom is -0.390 e. The van der Waals surface area contributed by atoms with Crippen molar-refractivity contribution in [2.24, 2.45) is 10.2 Å². The molecule has 2 aromatic heterocycles. The Labute approximate surface area is 95.5 Å². The van der Waals surface area contributed by atoms with E-state index in [1.165, 1.54) is 0 Å². The van der Waals surface area contributed by atoms with Gasteiger partial charge in [0.2, 0.25) is 0 Å². The van der Waals surface area contributed by atoms with Crippen LogP contribution < -0.4 is 0 Å². The molecule has 0 radical (unpaired) electrons. The van der Waals surface area contributed by atoms with Crippen molar-refractivity contribution < 1.29 is 9.85 Å². The Balaban J connectivity index is 2.13. The number of rotatable bonds is 4. The molecular formula is C4H2N10O4. The van der Waals surface area contributed by atoms with Gasteiger partial charge in [0.25, 0.3) is 0 Å². The molecule has 0 aliphatic carbocycles. The fourth-order valence-electron chi connectivity index (χ4n) is 0.832. The molecule has 0 fully saturated rings. The van der Waals surface area contributed by atoms with Gasteiger partial charge in [0.05, 0.1) is 0 Å². The van der Waals surface area contributed by atoms with Gasteiger partial charge in [0.15, 0.2) is 0 Å². The highest BCUT2D eigenvalue weighted by Gasteiger charge is 2.15. The van der Waals surface area contributed by atoms with Crippen LogP contribution >= 0.6 is 0 Å². The number of H-pyrrole nitrogens is 2. The van der Waals surface area contributed by atoms with E-state index in [4.69, 9.17) is 0 Å². The first-order chi connectivity index (χ1) is 8.56. The third-order valence-corrected chi connectivity index (χ3v) is 1.50. The summed E-state index contributed by atoms with van der Waals surface area (Å²) in [6.07, 6.45) is 0. The molecule has 2 rings (SSSR count). The molecule has 2 N–H and O–H groups in total. The number of nitrogens with zero attached hydrogens (tertiary/aromatic N) is 8. The molecular weight excluding hydrogens is 252 g/mol. The minimum atomic E-state index is -0.802. The molecule has 0 aromatic carbocycles. The van der Waals surface area contributed by atoms with Gasteiger partial charge in [-0.25, -0.2) is 0 Å². The fraction of sp³-hybridized carbons (Fsp3) is 0. The van der Waals surface area contributed by atoms with E-state index in [1.54, 1.807) is 0 Å². The van der Waals surface area contributed by atoms with Gasteiger partial charge in [0, 0.05) is 0 Å². The van der Waals surface area contributed by atoms with E-state index < -0.39 is 21.7 Å². The lowest BCUT2D eigenvalue weighted by atomic mass is 11.0. The van der Waals surface area contributed by atoms with Gasteiger partial charge in [-0.2, -0.15) is 0 Å². The third-order valence-electron chi connectivity index (χ3n) is 1.50. The van der Waals surface area contributed by atoms with Gasteiger partial charge in [-0.15, -0.1) is 10.2 Å². The highest BCUT2D eigenvalue weighted by molar-refractivity contribution is 5.21. The topological polar surface area (TPSA) is 194 Å². The summed E-state index contributed by atoms with van der Waals surface area (Å²) in [5, 5.41) is 37.9. The molecule has 14 nitrogen and oxygen atoms in total. The van der Waals surface area contributed by atoms with Crippen LogP contribution in [0.2, 0.25) is 0 Å². The van der Waals surface area contributed by atoms with Crippen molar-refractivity contribution in [2.45, 2.75) is 0 Å². The highest BCUT2D eigenvalue weighted by atomic mass is 16.6. The van der Waals surface area contributed by atoms with Crippen LogP contribution in [0.3, 0.4) is 0 Å². The molecule has 92 valence electrons. The second-order valence-electron chi connectivity index (χ2n) is 2.63. The molecule has 0 saturated heterocycles. The van der Waals surface area contributed by atoms with Crippen LogP contribution in [0.5, 0.6) is 0 Å². The molecule has 14 heteroatoms. The molecule has 0 bridgehead atoms. The number of hydrogen-bond acceptors (Lipinski definition) is 10. The largest absolute Gasteiger partial charge is 0.455 e. The first-order valence-electron chi connectivity index (χ1n) is 4.11. The van der Waals surface area contributed by atoms with E-state index in [0.29, 0.717) is 0 Å². The zero-order chi connectivity index (χ0) is 13.1. The third kappa shape index (κ3) is 2.26. The Kier molecular flexibility index (Phi) is 2.65. The SMILES string of the molecule is O=[N+]([O-])c1nc(N=Nc2n[nH]c([N+](=O)[O-])n2)n[nH]1. The molecule has 0 amide bonds. The van der Waals surface area contributed by atoms with Crippen molar-refractivity contribution in [3.8, 4) is 0 Å². The van der Waals surface area contributed by atoms with E-state index >= 15 is 0 Å². The lowest BCUT2D eigenvalue weighted by Gasteiger charge is -1.83. The summed E-state index contributed by atoms with van der Waals surface area (Å²) in [6, 6.07) is 0. The predicted octanol–water partition coefficient (Wildman–Crippen LogP) is 0.155. The molecule has 18 heavy (non-hydrogen) atoms. The smallest absolute Gasteiger partial charge is 0.390 e. The van der Waals surface area contributed by atoms with Crippen molar-refractivity contribution in [3.63, 3.8) is 0 Å². The summed E-state index contributed by atoms with van der Waals surface area (Å²) < 4.78 is 0. The average molecular weight is 254 g/mol. The van der Waals surface area contributed by atoms with Crippen molar-refractivity contribution in [1.29, 1.82) is 0 Å². The molecule has 2 aromatic rings. The first-order valence-corrected chi connectivity index (χ1v) is 4.11. The van der Waals surface area contributed by atoms with Crippen LogP contribution in [0.25, 0.3) is 0 Å². The van der Waals surface area contributed by atoms with E-state index in [1.807, 2.05) is 10.2 Å². The summed E-state index contributed by atoms with van der Waals surface area (Å²) in [5.41, 5.74) is 0. The Bertz CT molecular complexity index is 571. The van der Waals surface area contributed by atoms with Gasteiger partial charge < -0.3 is 20.2 Å². The maximum absolute atomic E-state index is 10.3. The minimum absolute atomic E-state index is 0.325. The van der Waals surface area contributed by atoms with Gasteiger partial charge in [0.1, 0.15) is 0 Å². The summed E-state index contributed by atoms with van der Waals surface area (Å²) in [6.45, 7) is 0. The molecule has 0 unspecified atom stereocenters. The van der Waals surface area contributed by atoms with Gasteiger partial charge in [-0.3, -0.25) is 0 Å². The van der Waals surface area contributed by atoms with E-state index in [0.717, 1.165) is 0 Å². The lowest BCUT2D eigenvalue weighted by molar-refractivity contribution is -0.394. The lowest BCUT2D eigenvalue weighted by Crippen LogP contribution is -1.88. The van der Waals surface area contributed by atoms with Gasteiger partial charge in [-0.1, -0.05) is 20.4 Å². The quantitative estimate of drug-likeness (QED) is 0.436. The normalized spacial score (nSPS) is 10.9. The molecule has 0 aliphatic rings. The van der Waals surface area contributed by atoms with Crippen LogP contribution in [-0.2, 0) is 0 Å².